The van der Waals surface area contributed by atoms with Crippen LogP contribution in [0.15, 0.2) is 48.5 Å². The summed E-state index contributed by atoms with van der Waals surface area (Å²) in [5.74, 6) is 0.0330. The van der Waals surface area contributed by atoms with Crippen molar-refractivity contribution in [1.29, 1.82) is 0 Å². The summed E-state index contributed by atoms with van der Waals surface area (Å²) in [6.45, 7) is 2.57. The van der Waals surface area contributed by atoms with E-state index in [9.17, 15) is 14.4 Å². The summed E-state index contributed by atoms with van der Waals surface area (Å²) in [5.41, 5.74) is 3.24. The van der Waals surface area contributed by atoms with E-state index < -0.39 is 0 Å². The fourth-order valence-corrected chi connectivity index (χ4v) is 4.29. The Kier molecular flexibility index (Phi) is 5.85. The quantitative estimate of drug-likeness (QED) is 0.277. The summed E-state index contributed by atoms with van der Waals surface area (Å²) in [6.07, 6.45) is 4.77. The highest BCUT2D eigenvalue weighted by atomic mass is 16.5. The van der Waals surface area contributed by atoms with Gasteiger partial charge in [-0.1, -0.05) is 50.5 Å². The molecule has 0 saturated heterocycles. The molecule has 0 unspecified atom stereocenters. The lowest BCUT2D eigenvalue weighted by Crippen LogP contribution is -2.40. The van der Waals surface area contributed by atoms with E-state index in [0.717, 1.165) is 48.5 Å². The van der Waals surface area contributed by atoms with Crippen LogP contribution in [0.3, 0.4) is 0 Å². The van der Waals surface area contributed by atoms with E-state index in [0.29, 0.717) is 34.4 Å². The van der Waals surface area contributed by atoms with Gasteiger partial charge in [0.05, 0.1) is 12.7 Å². The van der Waals surface area contributed by atoms with Crippen LogP contribution in [0.2, 0.25) is 0 Å². The summed E-state index contributed by atoms with van der Waals surface area (Å²) in [7, 11) is 1.52. The predicted octanol–water partition coefficient (Wildman–Crippen LogP) is 5.50. The first kappa shape index (κ1) is 20.8. The highest BCUT2D eigenvalue weighted by Crippen LogP contribution is 2.37. The second-order valence-electron chi connectivity index (χ2n) is 7.79. The Balaban J connectivity index is 1.80. The second kappa shape index (κ2) is 8.72. The third-order valence-electron chi connectivity index (χ3n) is 5.89. The first-order chi connectivity index (χ1) is 15.1. The molecule has 0 aliphatic carbocycles. The molecule has 1 aliphatic heterocycles. The van der Waals surface area contributed by atoms with Crippen molar-refractivity contribution in [2.45, 2.75) is 32.6 Å². The van der Waals surface area contributed by atoms with Crippen LogP contribution in [-0.2, 0) is 0 Å². The Bertz CT molecular complexity index is 1160. The van der Waals surface area contributed by atoms with Crippen LogP contribution < -0.4 is 4.74 Å². The van der Waals surface area contributed by atoms with Crippen molar-refractivity contribution in [3.63, 3.8) is 0 Å². The van der Waals surface area contributed by atoms with Gasteiger partial charge in [0.15, 0.2) is 6.29 Å². The van der Waals surface area contributed by atoms with Gasteiger partial charge in [-0.05, 0) is 47.2 Å². The average Bonchev–Trinajstić information content (AvgIpc) is 2.81. The molecule has 5 nitrogen and oxygen atoms in total. The summed E-state index contributed by atoms with van der Waals surface area (Å²) in [4.78, 5) is 39.2. The Morgan fingerprint density at radius 2 is 1.65 bits per heavy atom. The van der Waals surface area contributed by atoms with Gasteiger partial charge in [-0.2, -0.15) is 0 Å². The molecule has 0 saturated carbocycles. The van der Waals surface area contributed by atoms with Crippen molar-refractivity contribution < 1.29 is 19.1 Å². The van der Waals surface area contributed by atoms with Gasteiger partial charge in [0, 0.05) is 23.1 Å². The van der Waals surface area contributed by atoms with Gasteiger partial charge in [-0.3, -0.25) is 19.3 Å². The van der Waals surface area contributed by atoms with Crippen molar-refractivity contribution in [1.82, 2.24) is 4.90 Å². The molecule has 5 heteroatoms. The molecule has 31 heavy (non-hydrogen) atoms. The van der Waals surface area contributed by atoms with Gasteiger partial charge in [0.1, 0.15) is 5.75 Å². The number of ether oxygens (including phenoxy) is 1. The van der Waals surface area contributed by atoms with E-state index in [1.165, 1.54) is 12.0 Å². The van der Waals surface area contributed by atoms with Crippen molar-refractivity contribution in [2.75, 3.05) is 13.7 Å². The maximum Gasteiger partial charge on any atom is 0.261 e. The Morgan fingerprint density at radius 1 is 0.903 bits per heavy atom. The zero-order valence-electron chi connectivity index (χ0n) is 17.8. The van der Waals surface area contributed by atoms with Crippen LogP contribution in [0, 0.1) is 0 Å². The molecule has 0 fully saturated rings. The SMILES string of the molecule is CCCCCCN1C(=O)c2cccc3c(-c4ccc(OC)c(C=O)c4)ccc(c23)C1=O. The second-order valence-corrected chi connectivity index (χ2v) is 7.79. The molecule has 0 bridgehead atoms. The molecule has 1 heterocycles. The first-order valence-electron chi connectivity index (χ1n) is 10.7. The molecule has 4 rings (SSSR count). The van der Waals surface area contributed by atoms with E-state index in [1.54, 1.807) is 24.3 Å². The number of carbonyl (C=O) groups excluding carboxylic acids is 3. The lowest BCUT2D eigenvalue weighted by atomic mass is 9.88. The van der Waals surface area contributed by atoms with Crippen LogP contribution >= 0.6 is 0 Å². The molecular formula is C26H25NO4. The van der Waals surface area contributed by atoms with Crippen LogP contribution in [0.5, 0.6) is 5.75 Å². The topological polar surface area (TPSA) is 63.7 Å². The van der Waals surface area contributed by atoms with Crippen LogP contribution in [0.25, 0.3) is 21.9 Å². The van der Waals surface area contributed by atoms with Gasteiger partial charge >= 0.3 is 0 Å². The van der Waals surface area contributed by atoms with E-state index in [1.807, 2.05) is 24.3 Å². The molecule has 2 amide bonds. The minimum atomic E-state index is -0.236. The minimum Gasteiger partial charge on any atom is -0.496 e. The molecule has 0 N–H and O–H groups in total. The van der Waals surface area contributed by atoms with Crippen molar-refractivity contribution in [3.8, 4) is 16.9 Å². The van der Waals surface area contributed by atoms with Gasteiger partial charge in [-0.25, -0.2) is 0 Å². The van der Waals surface area contributed by atoms with Crippen LogP contribution in [0.1, 0.15) is 63.7 Å². The number of rotatable bonds is 8. The zero-order valence-corrected chi connectivity index (χ0v) is 17.8. The molecule has 3 aromatic rings. The fourth-order valence-electron chi connectivity index (χ4n) is 4.29. The maximum atomic E-state index is 13.2. The average molecular weight is 415 g/mol. The summed E-state index contributed by atoms with van der Waals surface area (Å²) in [6, 6.07) is 14.6. The lowest BCUT2D eigenvalue weighted by Gasteiger charge is -2.28. The number of nitrogens with zero attached hydrogens (tertiary/aromatic N) is 1. The highest BCUT2D eigenvalue weighted by molar-refractivity contribution is 6.26. The summed E-state index contributed by atoms with van der Waals surface area (Å²) < 4.78 is 5.24. The van der Waals surface area contributed by atoms with Gasteiger partial charge < -0.3 is 4.74 Å². The Morgan fingerprint density at radius 3 is 2.35 bits per heavy atom. The van der Waals surface area contributed by atoms with Crippen LogP contribution in [-0.4, -0.2) is 36.7 Å². The molecule has 0 spiro atoms. The van der Waals surface area contributed by atoms with Gasteiger partial charge in [0.25, 0.3) is 11.8 Å². The summed E-state index contributed by atoms with van der Waals surface area (Å²) in [5, 5.41) is 1.51. The van der Waals surface area contributed by atoms with Crippen molar-refractivity contribution in [3.05, 3.63) is 65.2 Å². The van der Waals surface area contributed by atoms with E-state index in [2.05, 4.69) is 6.92 Å². The number of carbonyl (C=O) groups is 3. The number of unbranched alkanes of at least 4 members (excludes halogenated alkanes) is 3. The number of benzene rings is 3. The molecular weight excluding hydrogens is 390 g/mol. The molecule has 0 radical (unpaired) electrons. The first-order valence-corrected chi connectivity index (χ1v) is 10.7. The van der Waals surface area contributed by atoms with E-state index in [-0.39, 0.29) is 11.8 Å². The number of hydrogen-bond donors (Lipinski definition) is 0. The third kappa shape index (κ3) is 3.61. The van der Waals surface area contributed by atoms with Crippen LogP contribution in [0.4, 0.5) is 0 Å². The number of amides is 2. The minimum absolute atomic E-state index is 0.236. The van der Waals surface area contributed by atoms with E-state index >= 15 is 0 Å². The number of hydrogen-bond acceptors (Lipinski definition) is 4. The van der Waals surface area contributed by atoms with Gasteiger partial charge in [-0.15, -0.1) is 0 Å². The Hall–Kier alpha value is -3.47. The monoisotopic (exact) mass is 415 g/mol. The van der Waals surface area contributed by atoms with Crippen molar-refractivity contribution in [2.24, 2.45) is 0 Å². The normalized spacial score (nSPS) is 13.0. The zero-order chi connectivity index (χ0) is 22.0. The Labute approximate surface area is 181 Å². The van der Waals surface area contributed by atoms with Crippen molar-refractivity contribution >= 4 is 28.9 Å². The van der Waals surface area contributed by atoms with Gasteiger partial charge in [0.2, 0.25) is 0 Å². The van der Waals surface area contributed by atoms with E-state index in [4.69, 9.17) is 4.74 Å². The largest absolute Gasteiger partial charge is 0.496 e. The highest BCUT2D eigenvalue weighted by Gasteiger charge is 2.32. The standard InChI is InChI=1S/C26H25NO4/c1-3-4-5-6-14-27-25(29)21-9-7-8-20-19(11-12-22(24(20)21)26(27)30)17-10-13-23(31-2)18(15-17)16-28/h7-13,15-16H,3-6,14H2,1-2H3. The third-order valence-corrected chi connectivity index (χ3v) is 5.89. The molecule has 158 valence electrons. The molecule has 3 aromatic carbocycles. The number of methoxy groups -OCH3 is 1. The number of aldehydes is 1. The molecule has 0 aromatic heterocycles. The molecule has 1 aliphatic rings. The number of imide groups is 1. The summed E-state index contributed by atoms with van der Waals surface area (Å²) >= 11 is 0. The maximum absolute atomic E-state index is 13.2. The fraction of sp³-hybridized carbons (Fsp3) is 0.269. The lowest BCUT2D eigenvalue weighted by molar-refractivity contribution is 0.0607. The molecule has 0 atom stereocenters. The smallest absolute Gasteiger partial charge is 0.261 e. The predicted molar refractivity (Wildman–Crippen MR) is 121 cm³/mol.